The molecule has 3 aliphatic rings. The minimum absolute atomic E-state index is 0.0355. The van der Waals surface area contributed by atoms with Crippen molar-refractivity contribution < 1.29 is 49.4 Å². The van der Waals surface area contributed by atoms with Gasteiger partial charge in [-0.2, -0.15) is 0 Å². The second-order valence-electron chi connectivity index (χ2n) is 12.2. The smallest absolute Gasteiger partial charge is 0.256 e. The van der Waals surface area contributed by atoms with Crippen molar-refractivity contribution in [2.45, 2.75) is 107 Å². The second-order valence-corrected chi connectivity index (χ2v) is 16.1. The normalized spacial score (nSPS) is 36.0. The number of aryl methyl sites for hydroxylation is 1. The van der Waals surface area contributed by atoms with Gasteiger partial charge in [0.05, 0.1) is 31.3 Å². The lowest BCUT2D eigenvalue weighted by Gasteiger charge is -2.37. The largest absolute Gasteiger partial charge is 0.432 e. The minimum Gasteiger partial charge on any atom is -0.432 e. The minimum atomic E-state index is -2.65. The maximum atomic E-state index is 13.1. The molecule has 13 heteroatoms. The zero-order valence-electron chi connectivity index (χ0n) is 23.8. The summed E-state index contributed by atoms with van der Waals surface area (Å²) in [5.74, 6) is -0.743. The van der Waals surface area contributed by atoms with Gasteiger partial charge in [-0.1, -0.05) is 19.1 Å². The van der Waals surface area contributed by atoms with Crippen molar-refractivity contribution in [1.82, 2.24) is 4.90 Å². The third-order valence-electron chi connectivity index (χ3n) is 8.79. The summed E-state index contributed by atoms with van der Waals surface area (Å²) in [6, 6.07) is 6.91. The van der Waals surface area contributed by atoms with E-state index in [2.05, 4.69) is 12.2 Å². The lowest BCUT2D eigenvalue weighted by atomic mass is 9.95. The van der Waals surface area contributed by atoms with Crippen LogP contribution in [0.15, 0.2) is 24.3 Å². The third kappa shape index (κ3) is 7.17. The number of likely N-dealkylation sites (tertiary alicyclic amines) is 1. The Morgan fingerprint density at radius 3 is 2.34 bits per heavy atom. The van der Waals surface area contributed by atoms with E-state index in [-0.39, 0.29) is 48.6 Å². The van der Waals surface area contributed by atoms with E-state index in [0.717, 1.165) is 18.4 Å². The first-order valence-electron chi connectivity index (χ1n) is 14.4. The van der Waals surface area contributed by atoms with Crippen LogP contribution in [0.2, 0.25) is 18.6 Å². The topological polar surface area (TPSA) is 189 Å². The summed E-state index contributed by atoms with van der Waals surface area (Å²) in [7, 11) is -2.65. The van der Waals surface area contributed by atoms with Crippen molar-refractivity contribution in [3.05, 3.63) is 29.8 Å². The summed E-state index contributed by atoms with van der Waals surface area (Å²) in [4.78, 5) is 38.5. The van der Waals surface area contributed by atoms with Gasteiger partial charge in [0, 0.05) is 17.8 Å². The SMILES string of the molecule is C[C@H]1[C@H]([Si](C)(C)O)[C@@H](CC(=O)N2CCC[C@H]2CO)O[C@H]1CCc1ccc(NC(=O)[C@H]2O[C@@H](O)[C@H](O)[C@@H](O)[C@@H]2O)cc1. The third-order valence-corrected chi connectivity index (χ3v) is 11.3. The van der Waals surface area contributed by atoms with Gasteiger partial charge in [-0.3, -0.25) is 9.59 Å². The molecule has 0 spiro atoms. The van der Waals surface area contributed by atoms with E-state index in [4.69, 9.17) is 9.47 Å². The molecule has 3 fully saturated rings. The van der Waals surface area contributed by atoms with Crippen LogP contribution in [-0.4, -0.2) is 117 Å². The van der Waals surface area contributed by atoms with Crippen LogP contribution in [0.4, 0.5) is 5.69 Å². The maximum Gasteiger partial charge on any atom is 0.256 e. The number of aliphatic hydroxyl groups excluding tert-OH is 5. The van der Waals surface area contributed by atoms with E-state index in [9.17, 15) is 39.9 Å². The average molecular weight is 597 g/mol. The van der Waals surface area contributed by atoms with Crippen molar-refractivity contribution in [2.24, 2.45) is 5.92 Å². The van der Waals surface area contributed by atoms with Gasteiger partial charge in [0.15, 0.2) is 20.7 Å². The predicted octanol–water partition coefficient (Wildman–Crippen LogP) is -0.298. The summed E-state index contributed by atoms with van der Waals surface area (Å²) in [6.07, 6.45) is -5.81. The molecule has 41 heavy (non-hydrogen) atoms. The Hall–Kier alpha value is -1.94. The second kappa shape index (κ2) is 13.1. The number of nitrogens with zero attached hydrogens (tertiary/aromatic N) is 1. The van der Waals surface area contributed by atoms with Crippen LogP contribution in [0, 0.1) is 5.92 Å². The molecule has 3 heterocycles. The highest BCUT2D eigenvalue weighted by Crippen LogP contribution is 2.46. The summed E-state index contributed by atoms with van der Waals surface area (Å²) in [6.45, 7) is 6.44. The Kier molecular flexibility index (Phi) is 10.3. The number of anilines is 1. The predicted molar refractivity (Wildman–Crippen MR) is 150 cm³/mol. The number of ether oxygens (including phenoxy) is 2. The molecule has 0 unspecified atom stereocenters. The van der Waals surface area contributed by atoms with Gasteiger partial charge in [0.2, 0.25) is 5.91 Å². The quantitative estimate of drug-likeness (QED) is 0.186. The lowest BCUT2D eigenvalue weighted by Crippen LogP contribution is -2.60. The van der Waals surface area contributed by atoms with Gasteiger partial charge in [0.25, 0.3) is 5.91 Å². The van der Waals surface area contributed by atoms with Gasteiger partial charge in [-0.05, 0) is 62.4 Å². The number of benzene rings is 1. The molecular weight excluding hydrogens is 552 g/mol. The van der Waals surface area contributed by atoms with Crippen LogP contribution >= 0.6 is 0 Å². The van der Waals surface area contributed by atoms with Crippen molar-refractivity contribution in [3.63, 3.8) is 0 Å². The molecule has 0 saturated carbocycles. The Balaban J connectivity index is 1.33. The number of carbonyl (C=O) groups excluding carboxylic acids is 2. The van der Waals surface area contributed by atoms with Crippen LogP contribution in [0.3, 0.4) is 0 Å². The number of rotatable bonds is 9. The fourth-order valence-electron chi connectivity index (χ4n) is 6.61. The standard InChI is InChI=1S/C28H44N2O10Si/c1-15-19(39-20(26(15)41(2,3)38)13-21(32)30-12-4-5-18(30)14-31)11-8-16-6-9-17(10-7-16)29-27(36)25-23(34)22(33)24(35)28(37)40-25/h6-7,9-10,15,18-20,22-26,28,31,33-35,37-38H,4-5,8,11-14H2,1-3H3,(H,29,36)/t15-,18+,19+,20-,22+,23+,24-,25+,26+,28-/m1/s1. The number of nitrogens with one attached hydrogen (secondary N) is 1. The first-order chi connectivity index (χ1) is 19.3. The molecule has 3 aliphatic heterocycles. The molecule has 10 atom stereocenters. The number of carbonyl (C=O) groups is 2. The zero-order chi connectivity index (χ0) is 30.1. The van der Waals surface area contributed by atoms with E-state index >= 15 is 0 Å². The molecule has 0 radical (unpaired) electrons. The molecule has 0 bridgehead atoms. The van der Waals surface area contributed by atoms with Gasteiger partial charge in [-0.15, -0.1) is 0 Å². The van der Waals surface area contributed by atoms with Crippen LogP contribution in [0.1, 0.15) is 38.2 Å². The summed E-state index contributed by atoms with van der Waals surface area (Å²) in [5.41, 5.74) is 1.31. The molecule has 1 aromatic carbocycles. The van der Waals surface area contributed by atoms with Gasteiger partial charge >= 0.3 is 0 Å². The number of hydrogen-bond acceptors (Lipinski definition) is 10. The van der Waals surface area contributed by atoms with Crippen molar-refractivity contribution in [1.29, 1.82) is 0 Å². The molecule has 4 rings (SSSR count). The molecule has 0 aliphatic carbocycles. The molecule has 0 aromatic heterocycles. The summed E-state index contributed by atoms with van der Waals surface area (Å²) < 4.78 is 11.4. The van der Waals surface area contributed by atoms with E-state index in [1.165, 1.54) is 0 Å². The zero-order valence-corrected chi connectivity index (χ0v) is 24.8. The number of amides is 2. The van der Waals surface area contributed by atoms with Crippen LogP contribution in [0.5, 0.6) is 0 Å². The monoisotopic (exact) mass is 596 g/mol. The maximum absolute atomic E-state index is 13.1. The highest BCUT2D eigenvalue weighted by atomic mass is 28.4. The molecule has 12 nitrogen and oxygen atoms in total. The van der Waals surface area contributed by atoms with E-state index in [1.54, 1.807) is 17.0 Å². The fourth-order valence-corrected chi connectivity index (χ4v) is 9.21. The summed E-state index contributed by atoms with van der Waals surface area (Å²) in [5, 5.41) is 51.4. The van der Waals surface area contributed by atoms with Gasteiger partial charge < -0.3 is 50.0 Å². The highest BCUT2D eigenvalue weighted by molar-refractivity contribution is 6.71. The first kappa shape index (κ1) is 32.0. The van der Waals surface area contributed by atoms with E-state index in [0.29, 0.717) is 25.1 Å². The van der Waals surface area contributed by atoms with Crippen molar-refractivity contribution in [3.8, 4) is 0 Å². The van der Waals surface area contributed by atoms with Crippen LogP contribution < -0.4 is 5.32 Å². The first-order valence-corrected chi connectivity index (χ1v) is 17.4. The molecule has 3 saturated heterocycles. The van der Waals surface area contributed by atoms with Crippen LogP contribution in [-0.2, 0) is 25.5 Å². The molecule has 230 valence electrons. The Bertz CT molecular complexity index is 1050. The Labute approximate surface area is 241 Å². The Morgan fingerprint density at radius 1 is 1.02 bits per heavy atom. The lowest BCUT2D eigenvalue weighted by molar-refractivity contribution is -0.274. The average Bonchev–Trinajstić information content (AvgIpc) is 3.53. The fraction of sp³-hybridized carbons (Fsp3) is 0.714. The number of hydrogen-bond donors (Lipinski definition) is 7. The van der Waals surface area contributed by atoms with Gasteiger partial charge in [0.1, 0.15) is 18.3 Å². The molecule has 1 aromatic rings. The molecule has 7 N–H and O–H groups in total. The molecular formula is C28H44N2O10Si. The summed E-state index contributed by atoms with van der Waals surface area (Å²) >= 11 is 0. The van der Waals surface area contributed by atoms with Gasteiger partial charge in [-0.25, -0.2) is 0 Å². The van der Waals surface area contributed by atoms with E-state index in [1.807, 2.05) is 25.2 Å². The highest BCUT2D eigenvalue weighted by Gasteiger charge is 2.51. The van der Waals surface area contributed by atoms with E-state index < -0.39 is 44.9 Å². The Morgan fingerprint density at radius 2 is 1.71 bits per heavy atom. The van der Waals surface area contributed by atoms with Crippen molar-refractivity contribution in [2.75, 3.05) is 18.5 Å². The number of aliphatic hydroxyl groups is 5. The van der Waals surface area contributed by atoms with Crippen molar-refractivity contribution >= 4 is 25.8 Å². The van der Waals surface area contributed by atoms with Crippen LogP contribution in [0.25, 0.3) is 0 Å². The molecule has 2 amide bonds.